The molecule has 7 heteroatoms. The van der Waals surface area contributed by atoms with Gasteiger partial charge in [-0.1, -0.05) is 16.1 Å². The van der Waals surface area contributed by atoms with E-state index < -0.39 is 5.82 Å². The number of nitrogens with zero attached hydrogens (tertiary/aromatic N) is 2. The van der Waals surface area contributed by atoms with Crippen molar-refractivity contribution in [2.75, 3.05) is 11.9 Å². The molecule has 18 heavy (non-hydrogen) atoms. The minimum absolute atomic E-state index is 0.0750. The van der Waals surface area contributed by atoms with Gasteiger partial charge in [0.05, 0.1) is 5.02 Å². The van der Waals surface area contributed by atoms with Gasteiger partial charge in [0.2, 0.25) is 0 Å². The van der Waals surface area contributed by atoms with Crippen LogP contribution < -0.4 is 10.1 Å². The Labute approximate surface area is 113 Å². The second kappa shape index (κ2) is 5.97. The highest BCUT2D eigenvalue weighted by molar-refractivity contribution is 7.10. The van der Waals surface area contributed by atoms with E-state index in [2.05, 4.69) is 14.9 Å². The van der Waals surface area contributed by atoms with Crippen molar-refractivity contribution < 1.29 is 9.13 Å². The van der Waals surface area contributed by atoms with Gasteiger partial charge in [0.15, 0.2) is 0 Å². The summed E-state index contributed by atoms with van der Waals surface area (Å²) in [6, 6.07) is 4.31. The third-order valence-electron chi connectivity index (χ3n) is 2.16. The molecular formula is C11H11ClFN3OS. The van der Waals surface area contributed by atoms with E-state index in [0.717, 1.165) is 11.5 Å². The van der Waals surface area contributed by atoms with Crippen LogP contribution in [-0.2, 0) is 6.61 Å². The summed E-state index contributed by atoms with van der Waals surface area (Å²) >= 11 is 6.85. The number of rotatable bonds is 5. The van der Waals surface area contributed by atoms with Crippen molar-refractivity contribution in [3.63, 3.8) is 0 Å². The highest BCUT2D eigenvalue weighted by Crippen LogP contribution is 2.23. The van der Waals surface area contributed by atoms with Crippen LogP contribution in [0.25, 0.3) is 0 Å². The van der Waals surface area contributed by atoms with Crippen LogP contribution in [0.2, 0.25) is 5.02 Å². The highest BCUT2D eigenvalue weighted by Gasteiger charge is 2.08. The molecule has 0 saturated heterocycles. The molecule has 0 aliphatic heterocycles. The average molecular weight is 288 g/mol. The minimum atomic E-state index is -0.502. The van der Waals surface area contributed by atoms with Crippen LogP contribution in [0.3, 0.4) is 0 Å². The third kappa shape index (κ3) is 3.08. The largest absolute Gasteiger partial charge is 0.487 e. The summed E-state index contributed by atoms with van der Waals surface area (Å²) < 4.78 is 22.5. The van der Waals surface area contributed by atoms with Crippen molar-refractivity contribution in [2.24, 2.45) is 0 Å². The van der Waals surface area contributed by atoms with Gasteiger partial charge in [0, 0.05) is 24.1 Å². The predicted octanol–water partition coefficient (Wildman–Crippen LogP) is 3.34. The topological polar surface area (TPSA) is 47.0 Å². The van der Waals surface area contributed by atoms with E-state index in [9.17, 15) is 4.39 Å². The lowest BCUT2D eigenvalue weighted by atomic mass is 10.3. The first-order chi connectivity index (χ1) is 8.70. The SMILES string of the molecule is CCNc1snnc1COc1ccc(Cl)c(F)c1. The summed E-state index contributed by atoms with van der Waals surface area (Å²) in [4.78, 5) is 0. The second-order valence-corrected chi connectivity index (χ2v) is 4.60. The summed E-state index contributed by atoms with van der Waals surface area (Å²) in [5.74, 6) is -0.0928. The van der Waals surface area contributed by atoms with Crippen molar-refractivity contribution in [1.82, 2.24) is 9.59 Å². The fourth-order valence-corrected chi connectivity index (χ4v) is 2.07. The molecule has 0 amide bonds. The number of ether oxygens (including phenoxy) is 1. The van der Waals surface area contributed by atoms with Crippen molar-refractivity contribution in [2.45, 2.75) is 13.5 Å². The third-order valence-corrected chi connectivity index (χ3v) is 3.19. The summed E-state index contributed by atoms with van der Waals surface area (Å²) in [5.41, 5.74) is 0.706. The van der Waals surface area contributed by atoms with Crippen LogP contribution in [0.5, 0.6) is 5.75 Å². The highest BCUT2D eigenvalue weighted by atomic mass is 35.5. The van der Waals surface area contributed by atoms with Gasteiger partial charge in [-0.15, -0.1) is 5.10 Å². The summed E-state index contributed by atoms with van der Waals surface area (Å²) in [5, 5.41) is 8.02. The first kappa shape index (κ1) is 13.0. The standard InChI is InChI=1S/C11H11ClFN3OS/c1-2-14-11-10(15-16-18-11)6-17-7-3-4-8(12)9(13)5-7/h3-5,14H,2,6H2,1H3. The van der Waals surface area contributed by atoms with Gasteiger partial charge in [-0.05, 0) is 19.1 Å². The van der Waals surface area contributed by atoms with E-state index in [4.69, 9.17) is 16.3 Å². The first-order valence-electron chi connectivity index (χ1n) is 5.33. The van der Waals surface area contributed by atoms with Gasteiger partial charge in [-0.25, -0.2) is 4.39 Å². The van der Waals surface area contributed by atoms with Crippen LogP contribution in [0.15, 0.2) is 18.2 Å². The minimum Gasteiger partial charge on any atom is -0.487 e. The number of nitrogens with one attached hydrogen (secondary N) is 1. The molecule has 2 aromatic rings. The predicted molar refractivity (Wildman–Crippen MR) is 69.8 cm³/mol. The smallest absolute Gasteiger partial charge is 0.145 e. The number of halogens is 2. The van der Waals surface area contributed by atoms with Crippen LogP contribution in [-0.4, -0.2) is 16.1 Å². The molecule has 0 aliphatic rings. The van der Waals surface area contributed by atoms with Crippen molar-refractivity contribution in [3.8, 4) is 5.75 Å². The Morgan fingerprint density at radius 2 is 2.33 bits per heavy atom. The van der Waals surface area contributed by atoms with Crippen molar-refractivity contribution in [3.05, 3.63) is 34.7 Å². The zero-order valence-electron chi connectivity index (χ0n) is 9.61. The van der Waals surface area contributed by atoms with E-state index >= 15 is 0 Å². The van der Waals surface area contributed by atoms with Crippen LogP contribution in [0, 0.1) is 5.82 Å². The van der Waals surface area contributed by atoms with E-state index in [1.54, 1.807) is 6.07 Å². The molecule has 1 aromatic heterocycles. The number of hydrogen-bond acceptors (Lipinski definition) is 5. The van der Waals surface area contributed by atoms with Crippen molar-refractivity contribution >= 4 is 28.1 Å². The lowest BCUT2D eigenvalue weighted by Crippen LogP contribution is -2.02. The molecule has 0 radical (unpaired) electrons. The Hall–Kier alpha value is -1.40. The summed E-state index contributed by atoms with van der Waals surface area (Å²) in [6.45, 7) is 3.01. The molecule has 0 bridgehead atoms. The lowest BCUT2D eigenvalue weighted by Gasteiger charge is -2.06. The molecule has 0 fully saturated rings. The monoisotopic (exact) mass is 287 g/mol. The fraction of sp³-hybridized carbons (Fsp3) is 0.273. The molecule has 1 heterocycles. The maximum atomic E-state index is 13.2. The Morgan fingerprint density at radius 3 is 3.06 bits per heavy atom. The Balaban J connectivity index is 2.02. The molecule has 1 N–H and O–H groups in total. The quantitative estimate of drug-likeness (QED) is 0.916. The van der Waals surface area contributed by atoms with Gasteiger partial charge in [0.1, 0.15) is 28.9 Å². The molecule has 1 aromatic carbocycles. The Morgan fingerprint density at radius 1 is 1.50 bits per heavy atom. The first-order valence-corrected chi connectivity index (χ1v) is 6.48. The van der Waals surface area contributed by atoms with Gasteiger partial charge in [0.25, 0.3) is 0 Å². The normalized spacial score (nSPS) is 10.4. The fourth-order valence-electron chi connectivity index (χ4n) is 1.32. The van der Waals surface area contributed by atoms with Crippen LogP contribution >= 0.6 is 23.1 Å². The number of benzene rings is 1. The van der Waals surface area contributed by atoms with E-state index in [1.165, 1.54) is 23.7 Å². The molecule has 0 saturated carbocycles. The lowest BCUT2D eigenvalue weighted by molar-refractivity contribution is 0.300. The number of aromatic nitrogens is 2. The van der Waals surface area contributed by atoms with E-state index in [0.29, 0.717) is 11.4 Å². The van der Waals surface area contributed by atoms with E-state index in [1.807, 2.05) is 6.92 Å². The summed E-state index contributed by atoms with van der Waals surface area (Å²) in [6.07, 6.45) is 0. The molecule has 2 rings (SSSR count). The summed E-state index contributed by atoms with van der Waals surface area (Å²) in [7, 11) is 0. The molecule has 96 valence electrons. The molecule has 0 spiro atoms. The van der Waals surface area contributed by atoms with Crippen LogP contribution in [0.1, 0.15) is 12.6 Å². The van der Waals surface area contributed by atoms with Crippen molar-refractivity contribution in [1.29, 1.82) is 0 Å². The molecule has 0 atom stereocenters. The Kier molecular flexibility index (Phi) is 4.33. The molecule has 0 aliphatic carbocycles. The second-order valence-electron chi connectivity index (χ2n) is 3.44. The molecule has 4 nitrogen and oxygen atoms in total. The maximum absolute atomic E-state index is 13.2. The Bertz CT molecular complexity index is 535. The van der Waals surface area contributed by atoms with Gasteiger partial charge >= 0.3 is 0 Å². The van der Waals surface area contributed by atoms with Gasteiger partial charge in [-0.2, -0.15) is 0 Å². The zero-order valence-corrected chi connectivity index (χ0v) is 11.2. The number of anilines is 1. The van der Waals surface area contributed by atoms with Gasteiger partial charge < -0.3 is 10.1 Å². The van der Waals surface area contributed by atoms with Crippen LogP contribution in [0.4, 0.5) is 9.39 Å². The molecular weight excluding hydrogens is 277 g/mol. The number of hydrogen-bond donors (Lipinski definition) is 1. The zero-order chi connectivity index (χ0) is 13.0. The van der Waals surface area contributed by atoms with Gasteiger partial charge in [-0.3, -0.25) is 0 Å². The van der Waals surface area contributed by atoms with E-state index in [-0.39, 0.29) is 11.6 Å². The molecule has 0 unspecified atom stereocenters. The average Bonchev–Trinajstić information content (AvgIpc) is 2.79. The maximum Gasteiger partial charge on any atom is 0.145 e.